The van der Waals surface area contributed by atoms with Crippen molar-refractivity contribution in [2.24, 2.45) is 0 Å². The number of hydrogen-bond donors (Lipinski definition) is 1. The molecule has 0 saturated carbocycles. The number of hydrogen-bond acceptors (Lipinski definition) is 4. The number of sulfonamides is 1. The zero-order valence-corrected chi connectivity index (χ0v) is 23.6. The van der Waals surface area contributed by atoms with Crippen LogP contribution in [-0.2, 0) is 26.2 Å². The lowest BCUT2D eigenvalue weighted by atomic mass is 10.1. The molecule has 3 aromatic rings. The summed E-state index contributed by atoms with van der Waals surface area (Å²) in [6.07, 6.45) is 1.02. The van der Waals surface area contributed by atoms with E-state index in [1.54, 1.807) is 61.5 Å². The molecule has 208 valence electrons. The summed E-state index contributed by atoms with van der Waals surface area (Å²) in [5, 5.41) is 2.93. The Kier molecular flexibility index (Phi) is 10.2. The van der Waals surface area contributed by atoms with E-state index in [-0.39, 0.29) is 23.4 Å². The third-order valence-electron chi connectivity index (χ3n) is 6.59. The number of amides is 2. The highest BCUT2D eigenvalue weighted by atomic mass is 32.2. The first kappa shape index (κ1) is 29.8. The average Bonchev–Trinajstić information content (AvgIpc) is 2.93. The molecule has 0 aromatic heterocycles. The number of aryl methyl sites for hydroxylation is 1. The first-order chi connectivity index (χ1) is 18.6. The van der Waals surface area contributed by atoms with E-state index in [0.29, 0.717) is 24.1 Å². The molecule has 2 atom stereocenters. The summed E-state index contributed by atoms with van der Waals surface area (Å²) >= 11 is 0. The molecule has 0 bridgehead atoms. The smallest absolute Gasteiger partial charge is 0.264 e. The van der Waals surface area contributed by atoms with Gasteiger partial charge in [0, 0.05) is 12.6 Å². The first-order valence-corrected chi connectivity index (χ1v) is 14.5. The van der Waals surface area contributed by atoms with Gasteiger partial charge in [-0.1, -0.05) is 61.9 Å². The molecule has 0 aliphatic carbocycles. The van der Waals surface area contributed by atoms with Gasteiger partial charge in [-0.2, -0.15) is 0 Å². The van der Waals surface area contributed by atoms with E-state index in [0.717, 1.165) is 9.87 Å². The number of halogens is 1. The van der Waals surface area contributed by atoms with Crippen LogP contribution in [0, 0.1) is 12.7 Å². The van der Waals surface area contributed by atoms with Gasteiger partial charge in [-0.3, -0.25) is 13.9 Å². The van der Waals surface area contributed by atoms with Crippen molar-refractivity contribution in [3.8, 4) is 0 Å². The zero-order valence-electron chi connectivity index (χ0n) is 22.8. The highest BCUT2D eigenvalue weighted by Gasteiger charge is 2.33. The largest absolute Gasteiger partial charge is 0.352 e. The number of nitrogens with one attached hydrogen (secondary N) is 1. The number of anilines is 1. The third-order valence-corrected chi connectivity index (χ3v) is 8.37. The lowest BCUT2D eigenvalue weighted by molar-refractivity contribution is -0.140. The van der Waals surface area contributed by atoms with Gasteiger partial charge in [-0.15, -0.1) is 0 Å². The maximum atomic E-state index is 14.0. The van der Waals surface area contributed by atoms with Gasteiger partial charge < -0.3 is 10.2 Å². The van der Waals surface area contributed by atoms with Crippen LogP contribution in [0.25, 0.3) is 0 Å². The number of carbonyl (C=O) groups excluding carboxylic acids is 2. The monoisotopic (exact) mass is 553 g/mol. The number of rotatable bonds is 12. The fraction of sp³-hybridized carbons (Fsp3) is 0.333. The fourth-order valence-corrected chi connectivity index (χ4v) is 5.52. The van der Waals surface area contributed by atoms with Gasteiger partial charge in [0.25, 0.3) is 10.0 Å². The molecule has 0 unspecified atom stereocenters. The Morgan fingerprint density at radius 2 is 1.51 bits per heavy atom. The Labute approximate surface area is 230 Å². The van der Waals surface area contributed by atoms with Gasteiger partial charge in [0.15, 0.2) is 0 Å². The van der Waals surface area contributed by atoms with Crippen LogP contribution in [0.15, 0.2) is 83.8 Å². The summed E-state index contributed by atoms with van der Waals surface area (Å²) in [5.74, 6) is -1.29. The number of benzene rings is 3. The molecule has 0 spiro atoms. The van der Waals surface area contributed by atoms with Crippen molar-refractivity contribution in [2.45, 2.75) is 64.1 Å². The molecule has 2 amide bonds. The molecule has 0 radical (unpaired) electrons. The van der Waals surface area contributed by atoms with Crippen LogP contribution in [0.5, 0.6) is 0 Å². The molecule has 39 heavy (non-hydrogen) atoms. The summed E-state index contributed by atoms with van der Waals surface area (Å²) in [6.45, 7) is 6.97. The third kappa shape index (κ3) is 7.66. The normalized spacial score (nSPS) is 12.8. The standard InChI is InChI=1S/C30H36FN3O4S/c1-5-23(4)32-30(36)28(6-2)33(20-24-14-16-25(31)17-15-24)29(35)21-34(26-10-8-7-9-11-26)39(37,38)27-18-12-22(3)13-19-27/h7-19,23,28H,5-6,20-21H2,1-4H3,(H,32,36)/t23-,28+/m1/s1. The second-order valence-electron chi connectivity index (χ2n) is 9.55. The molecular formula is C30H36FN3O4S. The van der Waals surface area contributed by atoms with Crippen molar-refractivity contribution in [1.29, 1.82) is 0 Å². The lowest BCUT2D eigenvalue weighted by Crippen LogP contribution is -2.53. The van der Waals surface area contributed by atoms with Gasteiger partial charge in [0.1, 0.15) is 18.4 Å². The van der Waals surface area contributed by atoms with Crippen LogP contribution in [0.3, 0.4) is 0 Å². The van der Waals surface area contributed by atoms with Crippen LogP contribution >= 0.6 is 0 Å². The summed E-state index contributed by atoms with van der Waals surface area (Å²) in [5.41, 5.74) is 1.84. The van der Waals surface area contributed by atoms with Crippen molar-refractivity contribution < 1.29 is 22.4 Å². The van der Waals surface area contributed by atoms with E-state index in [4.69, 9.17) is 0 Å². The van der Waals surface area contributed by atoms with E-state index in [9.17, 15) is 22.4 Å². The van der Waals surface area contributed by atoms with E-state index in [1.165, 1.54) is 29.2 Å². The molecular weight excluding hydrogens is 517 g/mol. The quantitative estimate of drug-likeness (QED) is 0.340. The molecule has 3 rings (SSSR count). The Morgan fingerprint density at radius 3 is 2.08 bits per heavy atom. The predicted molar refractivity (Wildman–Crippen MR) is 151 cm³/mol. The van der Waals surface area contributed by atoms with Crippen LogP contribution in [0.2, 0.25) is 0 Å². The predicted octanol–water partition coefficient (Wildman–Crippen LogP) is 5.05. The van der Waals surface area contributed by atoms with E-state index < -0.39 is 34.3 Å². The molecule has 0 fully saturated rings. The highest BCUT2D eigenvalue weighted by molar-refractivity contribution is 7.92. The second kappa shape index (κ2) is 13.4. The summed E-state index contributed by atoms with van der Waals surface area (Å²) < 4.78 is 42.2. The van der Waals surface area contributed by atoms with Crippen molar-refractivity contribution in [3.05, 3.63) is 95.8 Å². The summed E-state index contributed by atoms with van der Waals surface area (Å²) in [4.78, 5) is 28.6. The Morgan fingerprint density at radius 1 is 0.897 bits per heavy atom. The van der Waals surface area contributed by atoms with Crippen LogP contribution < -0.4 is 9.62 Å². The minimum absolute atomic E-state index is 0.0127. The molecule has 7 nitrogen and oxygen atoms in total. The van der Waals surface area contributed by atoms with E-state index in [1.807, 2.05) is 20.8 Å². The Hall–Kier alpha value is -3.72. The molecule has 0 aliphatic rings. The molecule has 0 aliphatic heterocycles. The SMILES string of the molecule is CC[C@@H](C)NC(=O)[C@H](CC)N(Cc1ccc(F)cc1)C(=O)CN(c1ccccc1)S(=O)(=O)c1ccc(C)cc1. The minimum Gasteiger partial charge on any atom is -0.352 e. The maximum absolute atomic E-state index is 14.0. The Balaban J connectivity index is 2.02. The number of para-hydroxylation sites is 1. The van der Waals surface area contributed by atoms with Crippen molar-refractivity contribution in [3.63, 3.8) is 0 Å². The molecule has 0 saturated heterocycles. The minimum atomic E-state index is -4.12. The lowest BCUT2D eigenvalue weighted by Gasteiger charge is -2.33. The van der Waals surface area contributed by atoms with Gasteiger partial charge in [-0.05, 0) is 68.7 Å². The second-order valence-corrected chi connectivity index (χ2v) is 11.4. The number of nitrogens with zero attached hydrogens (tertiary/aromatic N) is 2. The van der Waals surface area contributed by atoms with Crippen molar-refractivity contribution in [1.82, 2.24) is 10.2 Å². The maximum Gasteiger partial charge on any atom is 0.264 e. The molecule has 3 aromatic carbocycles. The number of carbonyl (C=O) groups is 2. The van der Waals surface area contributed by atoms with Gasteiger partial charge >= 0.3 is 0 Å². The average molecular weight is 554 g/mol. The van der Waals surface area contributed by atoms with E-state index >= 15 is 0 Å². The van der Waals surface area contributed by atoms with Crippen LogP contribution in [0.1, 0.15) is 44.7 Å². The van der Waals surface area contributed by atoms with E-state index in [2.05, 4.69) is 5.32 Å². The molecule has 0 heterocycles. The fourth-order valence-electron chi connectivity index (χ4n) is 4.11. The van der Waals surface area contributed by atoms with Crippen molar-refractivity contribution >= 4 is 27.5 Å². The summed E-state index contributed by atoms with van der Waals surface area (Å²) in [6, 6.07) is 19.5. The molecule has 9 heteroatoms. The first-order valence-electron chi connectivity index (χ1n) is 13.1. The van der Waals surface area contributed by atoms with Gasteiger partial charge in [-0.25, -0.2) is 12.8 Å². The highest BCUT2D eigenvalue weighted by Crippen LogP contribution is 2.25. The van der Waals surface area contributed by atoms with Crippen LogP contribution in [0.4, 0.5) is 10.1 Å². The van der Waals surface area contributed by atoms with Crippen LogP contribution in [-0.4, -0.2) is 43.8 Å². The zero-order chi connectivity index (χ0) is 28.6. The van der Waals surface area contributed by atoms with Gasteiger partial charge in [0.05, 0.1) is 10.6 Å². The summed E-state index contributed by atoms with van der Waals surface area (Å²) in [7, 11) is -4.12. The van der Waals surface area contributed by atoms with Gasteiger partial charge in [0.2, 0.25) is 11.8 Å². The topological polar surface area (TPSA) is 86.8 Å². The van der Waals surface area contributed by atoms with Crippen molar-refractivity contribution in [2.75, 3.05) is 10.8 Å². The Bertz CT molecular complexity index is 1350. The molecule has 1 N–H and O–H groups in total.